The van der Waals surface area contributed by atoms with Gasteiger partial charge in [-0.3, -0.25) is 4.98 Å². The maximum Gasteiger partial charge on any atom is 0.0558 e. The average Bonchev–Trinajstić information content (AvgIpc) is 2.84. The summed E-state index contributed by atoms with van der Waals surface area (Å²) in [5, 5.41) is 3.69. The zero-order valence-electron chi connectivity index (χ0n) is 11.4. The summed E-state index contributed by atoms with van der Waals surface area (Å²) in [5.74, 6) is 0. The summed E-state index contributed by atoms with van der Waals surface area (Å²) in [5.41, 5.74) is 3.28. The minimum atomic E-state index is 0.666. The second-order valence-corrected chi connectivity index (χ2v) is 6.32. The van der Waals surface area contributed by atoms with E-state index in [1.54, 1.807) is 0 Å². The number of nitrogens with one attached hydrogen (secondary N) is 1. The van der Waals surface area contributed by atoms with Gasteiger partial charge in [-0.1, -0.05) is 12.8 Å². The molecule has 98 valence electrons. The highest BCUT2D eigenvalue weighted by Crippen LogP contribution is 2.49. The maximum atomic E-state index is 4.22. The lowest BCUT2D eigenvalue weighted by molar-refractivity contribution is 0.188. The molecule has 1 aromatic heterocycles. The van der Waals surface area contributed by atoms with Gasteiger partial charge in [-0.25, -0.2) is 0 Å². The lowest BCUT2D eigenvalue weighted by Crippen LogP contribution is -2.31. The Morgan fingerprint density at radius 2 is 1.89 bits per heavy atom. The molecule has 2 fully saturated rings. The van der Waals surface area contributed by atoms with Gasteiger partial charge >= 0.3 is 0 Å². The first kappa shape index (κ1) is 12.0. The fourth-order valence-corrected chi connectivity index (χ4v) is 3.83. The third kappa shape index (κ3) is 2.38. The molecule has 1 N–H and O–H groups in total. The molecule has 2 aliphatic carbocycles. The van der Waals surface area contributed by atoms with Crippen molar-refractivity contribution in [3.63, 3.8) is 0 Å². The number of aromatic nitrogens is 1. The molecule has 0 atom stereocenters. The molecule has 0 bridgehead atoms. The molecule has 1 spiro atoms. The van der Waals surface area contributed by atoms with Crippen LogP contribution >= 0.6 is 0 Å². The zero-order chi connectivity index (χ0) is 12.4. The smallest absolute Gasteiger partial charge is 0.0558 e. The summed E-state index contributed by atoms with van der Waals surface area (Å²) in [7, 11) is 0. The van der Waals surface area contributed by atoms with Gasteiger partial charge in [0.2, 0.25) is 0 Å². The predicted molar refractivity (Wildman–Crippen MR) is 75.8 cm³/mol. The lowest BCUT2D eigenvalue weighted by atomic mass is 9.71. The van der Waals surface area contributed by atoms with Gasteiger partial charge < -0.3 is 5.32 Å². The van der Waals surface area contributed by atoms with Crippen molar-refractivity contribution in [3.05, 3.63) is 24.0 Å². The highest BCUT2D eigenvalue weighted by atomic mass is 14.9. The first-order chi connectivity index (χ1) is 8.77. The van der Waals surface area contributed by atoms with Crippen molar-refractivity contribution < 1.29 is 0 Å². The van der Waals surface area contributed by atoms with Crippen molar-refractivity contribution in [3.8, 4) is 0 Å². The number of pyridine rings is 1. The molecular formula is C16H24N2. The number of nitrogens with zero attached hydrogens (tertiary/aromatic N) is 1. The Labute approximate surface area is 110 Å². The van der Waals surface area contributed by atoms with Crippen LogP contribution < -0.4 is 5.32 Å². The Hall–Kier alpha value is -1.05. The summed E-state index contributed by atoms with van der Waals surface area (Å²) >= 11 is 0. The van der Waals surface area contributed by atoms with Crippen molar-refractivity contribution >= 4 is 5.69 Å². The highest BCUT2D eigenvalue weighted by Gasteiger charge is 2.37. The first-order valence-corrected chi connectivity index (χ1v) is 7.45. The second kappa shape index (κ2) is 4.91. The zero-order valence-corrected chi connectivity index (χ0v) is 11.4. The second-order valence-electron chi connectivity index (χ2n) is 6.32. The standard InChI is InChI=1S/C16H24N2/c1-13-6-11-17-12-15(13)18-14-4-9-16(10-5-14)7-2-3-8-16/h6,11-12,14,18H,2-5,7-10H2,1H3. The van der Waals surface area contributed by atoms with Crippen LogP contribution in [0.15, 0.2) is 18.5 Å². The van der Waals surface area contributed by atoms with Crippen LogP contribution in [0.25, 0.3) is 0 Å². The number of rotatable bonds is 2. The molecule has 2 heteroatoms. The molecule has 3 rings (SSSR count). The van der Waals surface area contributed by atoms with Crippen LogP contribution in [-0.4, -0.2) is 11.0 Å². The van der Waals surface area contributed by atoms with E-state index in [0.717, 1.165) is 5.41 Å². The molecule has 1 aromatic rings. The van der Waals surface area contributed by atoms with E-state index in [0.29, 0.717) is 6.04 Å². The Morgan fingerprint density at radius 3 is 2.56 bits per heavy atom. The van der Waals surface area contributed by atoms with Gasteiger partial charge in [-0.2, -0.15) is 0 Å². The lowest BCUT2D eigenvalue weighted by Gasteiger charge is -2.38. The maximum absolute atomic E-state index is 4.22. The summed E-state index contributed by atoms with van der Waals surface area (Å²) in [6.07, 6.45) is 15.3. The quantitative estimate of drug-likeness (QED) is 0.838. The number of hydrogen-bond donors (Lipinski definition) is 1. The molecule has 1 heterocycles. The largest absolute Gasteiger partial charge is 0.381 e. The normalized spacial score (nSPS) is 23.4. The van der Waals surface area contributed by atoms with Gasteiger partial charge in [0.05, 0.1) is 11.9 Å². The molecular weight excluding hydrogens is 220 g/mol. The van der Waals surface area contributed by atoms with E-state index >= 15 is 0 Å². The minimum absolute atomic E-state index is 0.666. The van der Waals surface area contributed by atoms with Gasteiger partial charge in [-0.05, 0) is 62.5 Å². The molecule has 0 radical (unpaired) electrons. The van der Waals surface area contributed by atoms with Crippen molar-refractivity contribution in [1.29, 1.82) is 0 Å². The van der Waals surface area contributed by atoms with E-state index in [1.165, 1.54) is 62.6 Å². The van der Waals surface area contributed by atoms with Crippen molar-refractivity contribution in [2.45, 2.75) is 64.3 Å². The van der Waals surface area contributed by atoms with E-state index in [9.17, 15) is 0 Å². The molecule has 2 aliphatic rings. The third-order valence-electron chi connectivity index (χ3n) is 5.11. The molecule has 0 aliphatic heterocycles. The van der Waals surface area contributed by atoms with Gasteiger partial charge in [0, 0.05) is 12.2 Å². The highest BCUT2D eigenvalue weighted by molar-refractivity contribution is 5.48. The number of hydrogen-bond acceptors (Lipinski definition) is 2. The van der Waals surface area contributed by atoms with Crippen LogP contribution in [-0.2, 0) is 0 Å². The first-order valence-electron chi connectivity index (χ1n) is 7.45. The van der Waals surface area contributed by atoms with E-state index in [-0.39, 0.29) is 0 Å². The predicted octanol–water partition coefficient (Wildman–Crippen LogP) is 4.30. The molecule has 0 saturated heterocycles. The van der Waals surface area contributed by atoms with E-state index < -0.39 is 0 Å². The van der Waals surface area contributed by atoms with E-state index in [2.05, 4.69) is 23.3 Å². The Balaban J connectivity index is 1.59. The van der Waals surface area contributed by atoms with Crippen LogP contribution in [0.3, 0.4) is 0 Å². The van der Waals surface area contributed by atoms with Gasteiger partial charge in [0.25, 0.3) is 0 Å². The third-order valence-corrected chi connectivity index (χ3v) is 5.11. The SMILES string of the molecule is Cc1ccncc1NC1CCC2(CCCC2)CC1. The number of aryl methyl sites for hydroxylation is 1. The van der Waals surface area contributed by atoms with E-state index in [1.807, 2.05) is 12.4 Å². The van der Waals surface area contributed by atoms with Crippen molar-refractivity contribution in [2.24, 2.45) is 5.41 Å². The van der Waals surface area contributed by atoms with Crippen LogP contribution in [0, 0.1) is 12.3 Å². The average molecular weight is 244 g/mol. The van der Waals surface area contributed by atoms with Crippen LogP contribution in [0.2, 0.25) is 0 Å². The van der Waals surface area contributed by atoms with Gasteiger partial charge in [0.15, 0.2) is 0 Å². The molecule has 0 amide bonds. The summed E-state index contributed by atoms with van der Waals surface area (Å²) < 4.78 is 0. The fourth-order valence-electron chi connectivity index (χ4n) is 3.83. The molecule has 0 unspecified atom stereocenters. The van der Waals surface area contributed by atoms with Gasteiger partial charge in [0.1, 0.15) is 0 Å². The van der Waals surface area contributed by atoms with Crippen molar-refractivity contribution in [2.75, 3.05) is 5.32 Å². The monoisotopic (exact) mass is 244 g/mol. The van der Waals surface area contributed by atoms with Gasteiger partial charge in [-0.15, -0.1) is 0 Å². The van der Waals surface area contributed by atoms with Crippen LogP contribution in [0.1, 0.15) is 56.9 Å². The molecule has 2 saturated carbocycles. The Morgan fingerprint density at radius 1 is 1.17 bits per heavy atom. The van der Waals surface area contributed by atoms with Crippen LogP contribution in [0.5, 0.6) is 0 Å². The van der Waals surface area contributed by atoms with Crippen molar-refractivity contribution in [1.82, 2.24) is 4.98 Å². The minimum Gasteiger partial charge on any atom is -0.381 e. The van der Waals surface area contributed by atoms with Crippen LogP contribution in [0.4, 0.5) is 5.69 Å². The summed E-state index contributed by atoms with van der Waals surface area (Å²) in [4.78, 5) is 4.22. The topological polar surface area (TPSA) is 24.9 Å². The number of anilines is 1. The summed E-state index contributed by atoms with van der Waals surface area (Å²) in [6.45, 7) is 2.16. The Bertz CT molecular complexity index is 397. The van der Waals surface area contributed by atoms with E-state index in [4.69, 9.17) is 0 Å². The summed E-state index contributed by atoms with van der Waals surface area (Å²) in [6, 6.07) is 2.75. The molecule has 2 nitrogen and oxygen atoms in total. The Kier molecular flexibility index (Phi) is 3.27. The fraction of sp³-hybridized carbons (Fsp3) is 0.688. The molecule has 18 heavy (non-hydrogen) atoms. The molecule has 0 aromatic carbocycles.